The maximum Gasteiger partial charge on any atom is 0.223 e. The molecule has 3 rings (SSSR count). The molecule has 2 aromatic rings. The van der Waals surface area contributed by atoms with Gasteiger partial charge in [0.2, 0.25) is 5.91 Å². The summed E-state index contributed by atoms with van der Waals surface area (Å²) < 4.78 is 0. The Morgan fingerprint density at radius 3 is 2.58 bits per heavy atom. The summed E-state index contributed by atoms with van der Waals surface area (Å²) >= 11 is 6.22. The Balaban J connectivity index is 0.00000341. The first kappa shape index (κ1) is 25.4. The van der Waals surface area contributed by atoms with Crippen LogP contribution in [0, 0.1) is 0 Å². The van der Waals surface area contributed by atoms with Crippen LogP contribution in [0.2, 0.25) is 5.02 Å². The van der Waals surface area contributed by atoms with Crippen LogP contribution in [0.1, 0.15) is 54.1 Å². The Bertz CT molecular complexity index is 901. The number of hydrogen-bond acceptors (Lipinski definition) is 3. The average molecular weight is 463 g/mol. The largest absolute Gasteiger partial charge is 0.312 e. The van der Waals surface area contributed by atoms with Gasteiger partial charge in [-0.15, -0.1) is 12.4 Å². The first-order valence-corrected chi connectivity index (χ1v) is 11.2. The minimum atomic E-state index is 0. The Morgan fingerprint density at radius 2 is 1.84 bits per heavy atom. The van der Waals surface area contributed by atoms with Crippen molar-refractivity contribution in [1.82, 2.24) is 4.90 Å². The first-order valence-electron chi connectivity index (χ1n) is 10.8. The zero-order valence-corrected chi connectivity index (χ0v) is 20.0. The second kappa shape index (κ2) is 12.2. The van der Waals surface area contributed by atoms with Crippen molar-refractivity contribution in [2.75, 3.05) is 31.6 Å². The summed E-state index contributed by atoms with van der Waals surface area (Å²) in [5.74, 6) is 0.260. The number of fused-ring (bicyclic) bond motifs is 1. The van der Waals surface area contributed by atoms with Gasteiger partial charge in [-0.2, -0.15) is 0 Å². The molecule has 0 atom stereocenters. The number of likely N-dealkylation sites (N-methyl/N-ethyl adjacent to an activating group) is 1. The number of benzene rings is 2. The number of rotatable bonds is 10. The molecule has 0 bridgehead atoms. The molecule has 0 aliphatic carbocycles. The molecule has 1 heterocycles. The molecule has 0 spiro atoms. The van der Waals surface area contributed by atoms with Gasteiger partial charge in [-0.25, -0.2) is 0 Å². The van der Waals surface area contributed by atoms with E-state index in [4.69, 9.17) is 11.6 Å². The molecule has 168 valence electrons. The highest BCUT2D eigenvalue weighted by Crippen LogP contribution is 2.29. The van der Waals surface area contributed by atoms with Gasteiger partial charge in [-0.1, -0.05) is 36.2 Å². The van der Waals surface area contributed by atoms with Crippen LogP contribution in [-0.2, 0) is 17.6 Å². The van der Waals surface area contributed by atoms with E-state index in [1.54, 1.807) is 11.8 Å². The number of halogens is 2. The van der Waals surface area contributed by atoms with Crippen LogP contribution < -0.4 is 4.90 Å². The van der Waals surface area contributed by atoms with Crippen LogP contribution in [0.5, 0.6) is 0 Å². The lowest BCUT2D eigenvalue weighted by atomic mass is 10.0. The first-order chi connectivity index (χ1) is 14.5. The van der Waals surface area contributed by atoms with Crippen molar-refractivity contribution in [1.29, 1.82) is 0 Å². The minimum Gasteiger partial charge on any atom is -0.312 e. The van der Waals surface area contributed by atoms with E-state index in [0.29, 0.717) is 13.0 Å². The highest BCUT2D eigenvalue weighted by molar-refractivity contribution is 6.31. The van der Waals surface area contributed by atoms with Gasteiger partial charge < -0.3 is 9.80 Å². The Hall–Kier alpha value is -1.88. The van der Waals surface area contributed by atoms with Crippen molar-refractivity contribution in [3.05, 3.63) is 64.2 Å². The van der Waals surface area contributed by atoms with Gasteiger partial charge in [0.15, 0.2) is 5.78 Å². The van der Waals surface area contributed by atoms with E-state index >= 15 is 0 Å². The number of anilines is 1. The molecule has 0 saturated carbocycles. The molecule has 0 radical (unpaired) electrons. The monoisotopic (exact) mass is 462 g/mol. The molecule has 6 heteroatoms. The van der Waals surface area contributed by atoms with Gasteiger partial charge in [0.25, 0.3) is 0 Å². The van der Waals surface area contributed by atoms with Crippen molar-refractivity contribution >= 4 is 41.4 Å². The van der Waals surface area contributed by atoms with Gasteiger partial charge in [0.1, 0.15) is 0 Å². The summed E-state index contributed by atoms with van der Waals surface area (Å²) in [6, 6.07) is 13.8. The van der Waals surface area contributed by atoms with Crippen molar-refractivity contribution in [2.45, 2.75) is 45.4 Å². The van der Waals surface area contributed by atoms with Gasteiger partial charge in [0.05, 0.1) is 0 Å². The molecule has 1 aliphatic heterocycles. The van der Waals surface area contributed by atoms with E-state index in [0.717, 1.165) is 67.0 Å². The second-order valence-electron chi connectivity index (χ2n) is 8.14. The molecule has 0 aromatic heterocycles. The highest BCUT2D eigenvalue weighted by Gasteiger charge is 2.22. The topological polar surface area (TPSA) is 40.6 Å². The third-order valence-electron chi connectivity index (χ3n) is 5.84. The third kappa shape index (κ3) is 7.06. The maximum absolute atomic E-state index is 12.5. The molecule has 2 aromatic carbocycles. The summed E-state index contributed by atoms with van der Waals surface area (Å²) in [5.41, 5.74) is 4.03. The van der Waals surface area contributed by atoms with Gasteiger partial charge >= 0.3 is 0 Å². The van der Waals surface area contributed by atoms with Crippen molar-refractivity contribution < 1.29 is 9.59 Å². The molecule has 31 heavy (non-hydrogen) atoms. The number of unbranched alkanes of at least 4 members (excludes halogenated alkanes) is 2. The molecule has 1 aliphatic rings. The standard InChI is InChI=1S/C25H31ClN2O2.ClH/c1-19(29)28-17-14-21-18-22(11-12-24(21)28)25(30)10-4-3-7-15-27(2)16-13-20-8-5-6-9-23(20)26;/h5-6,8-9,11-12,18H,3-4,7,10,13-17H2,1-2H3;1H. The third-order valence-corrected chi connectivity index (χ3v) is 6.21. The molecular formula is C25H32Cl2N2O2. The normalized spacial score (nSPS) is 12.6. The number of Topliss-reactive ketones (excluding diaryl/α,β-unsaturated/α-hetero) is 1. The quantitative estimate of drug-likeness (QED) is 0.341. The Kier molecular flexibility index (Phi) is 10.0. The van der Waals surface area contributed by atoms with Crippen molar-refractivity contribution in [2.24, 2.45) is 0 Å². The Morgan fingerprint density at radius 1 is 1.06 bits per heavy atom. The minimum absolute atomic E-state index is 0. The predicted octanol–water partition coefficient (Wildman–Crippen LogP) is 5.59. The highest BCUT2D eigenvalue weighted by atomic mass is 35.5. The molecule has 4 nitrogen and oxygen atoms in total. The van der Waals surface area contributed by atoms with Gasteiger partial charge in [-0.3, -0.25) is 9.59 Å². The summed E-state index contributed by atoms with van der Waals surface area (Å²) in [5, 5.41) is 0.838. The number of carbonyl (C=O) groups is 2. The summed E-state index contributed by atoms with van der Waals surface area (Å²) in [4.78, 5) is 28.3. The zero-order valence-electron chi connectivity index (χ0n) is 18.4. The SMILES string of the molecule is CC(=O)N1CCc2cc(C(=O)CCCCCN(C)CCc3ccccc3Cl)ccc21.Cl. The lowest BCUT2D eigenvalue weighted by Gasteiger charge is -2.17. The summed E-state index contributed by atoms with van der Waals surface area (Å²) in [7, 11) is 2.14. The van der Waals surface area contributed by atoms with Crippen LogP contribution in [0.3, 0.4) is 0 Å². The number of amides is 1. The van der Waals surface area contributed by atoms with Crippen LogP contribution in [-0.4, -0.2) is 43.3 Å². The molecular weight excluding hydrogens is 431 g/mol. The number of nitrogens with zero attached hydrogens (tertiary/aromatic N) is 2. The lowest BCUT2D eigenvalue weighted by Crippen LogP contribution is -2.25. The van der Waals surface area contributed by atoms with E-state index in [1.165, 1.54) is 5.56 Å². The molecule has 0 saturated heterocycles. The van der Waals surface area contributed by atoms with Gasteiger partial charge in [0, 0.05) is 42.7 Å². The van der Waals surface area contributed by atoms with E-state index in [-0.39, 0.29) is 24.1 Å². The molecule has 0 fully saturated rings. The number of carbonyl (C=O) groups excluding carboxylic acids is 2. The number of ketones is 1. The lowest BCUT2D eigenvalue weighted by molar-refractivity contribution is -0.116. The smallest absolute Gasteiger partial charge is 0.223 e. The summed E-state index contributed by atoms with van der Waals surface area (Å²) in [6.45, 7) is 4.31. The molecule has 1 amide bonds. The van der Waals surface area contributed by atoms with E-state index in [9.17, 15) is 9.59 Å². The van der Waals surface area contributed by atoms with Crippen molar-refractivity contribution in [3.8, 4) is 0 Å². The van der Waals surface area contributed by atoms with Crippen LogP contribution in [0.15, 0.2) is 42.5 Å². The second-order valence-corrected chi connectivity index (χ2v) is 8.55. The van der Waals surface area contributed by atoms with E-state index in [2.05, 4.69) is 18.0 Å². The zero-order chi connectivity index (χ0) is 21.5. The average Bonchev–Trinajstić information content (AvgIpc) is 3.16. The van der Waals surface area contributed by atoms with E-state index < -0.39 is 0 Å². The van der Waals surface area contributed by atoms with Crippen LogP contribution in [0.4, 0.5) is 5.69 Å². The fourth-order valence-corrected chi connectivity index (χ4v) is 4.25. The predicted molar refractivity (Wildman–Crippen MR) is 131 cm³/mol. The van der Waals surface area contributed by atoms with Crippen LogP contribution in [0.25, 0.3) is 0 Å². The van der Waals surface area contributed by atoms with Crippen molar-refractivity contribution in [3.63, 3.8) is 0 Å². The number of hydrogen-bond donors (Lipinski definition) is 0. The van der Waals surface area contributed by atoms with Crippen LogP contribution >= 0.6 is 24.0 Å². The molecule has 0 unspecified atom stereocenters. The van der Waals surface area contributed by atoms with E-state index in [1.807, 2.05) is 36.4 Å². The Labute approximate surface area is 197 Å². The fourth-order valence-electron chi connectivity index (χ4n) is 4.01. The fraction of sp³-hybridized carbons (Fsp3) is 0.440. The maximum atomic E-state index is 12.5. The molecule has 0 N–H and O–H groups in total. The van der Waals surface area contributed by atoms with Gasteiger partial charge in [-0.05, 0) is 74.7 Å². The summed E-state index contributed by atoms with van der Waals surface area (Å²) in [6.07, 6.45) is 5.41.